The van der Waals surface area contributed by atoms with Gasteiger partial charge in [-0.25, -0.2) is 0 Å². The van der Waals surface area contributed by atoms with Crippen LogP contribution in [0.15, 0.2) is 18.2 Å². The monoisotopic (exact) mass is 193 g/mol. The molecule has 0 aromatic heterocycles. The Balaban J connectivity index is 2.82. The highest BCUT2D eigenvalue weighted by molar-refractivity contribution is 5.53. The summed E-state index contributed by atoms with van der Waals surface area (Å²) in [4.78, 5) is 0. The first-order valence-corrected chi connectivity index (χ1v) is 5.04. The average Bonchev–Trinajstić information content (AvgIpc) is 2.12. The molecule has 0 saturated heterocycles. The highest BCUT2D eigenvalue weighted by atomic mass is 16.5. The number of ether oxygens (including phenoxy) is 1. The third kappa shape index (κ3) is 2.41. The molecule has 0 bridgehead atoms. The lowest BCUT2D eigenvalue weighted by Crippen LogP contribution is -2.19. The molecular formula is C12H19NO. The second-order valence-corrected chi connectivity index (χ2v) is 4.04. The molecule has 1 aromatic rings. The molecule has 1 unspecified atom stereocenters. The summed E-state index contributed by atoms with van der Waals surface area (Å²) in [5.74, 6) is 1.40. The fraction of sp³-hybridized carbons (Fsp3) is 0.500. The Morgan fingerprint density at radius 2 is 1.86 bits per heavy atom. The summed E-state index contributed by atoms with van der Waals surface area (Å²) in [6.07, 6.45) is 0.218. The molecule has 78 valence electrons. The van der Waals surface area contributed by atoms with Crippen LogP contribution < -0.4 is 10.5 Å². The van der Waals surface area contributed by atoms with E-state index in [-0.39, 0.29) is 6.10 Å². The first kappa shape index (κ1) is 10.9. The van der Waals surface area contributed by atoms with Crippen molar-refractivity contribution in [3.05, 3.63) is 23.8 Å². The summed E-state index contributed by atoms with van der Waals surface area (Å²) in [7, 11) is 0. The summed E-state index contributed by atoms with van der Waals surface area (Å²) in [5.41, 5.74) is 7.61. The van der Waals surface area contributed by atoms with Gasteiger partial charge in [0.15, 0.2) is 0 Å². The van der Waals surface area contributed by atoms with Gasteiger partial charge in [-0.2, -0.15) is 0 Å². The highest BCUT2D eigenvalue weighted by Crippen LogP contribution is 2.25. The smallest absolute Gasteiger partial charge is 0.124 e. The van der Waals surface area contributed by atoms with Crippen molar-refractivity contribution in [3.8, 4) is 5.75 Å². The lowest BCUT2D eigenvalue weighted by atomic mass is 10.1. The van der Waals surface area contributed by atoms with Crippen LogP contribution in [0.5, 0.6) is 5.75 Å². The fourth-order valence-corrected chi connectivity index (χ4v) is 1.10. The van der Waals surface area contributed by atoms with Gasteiger partial charge in [0, 0.05) is 11.3 Å². The SMILES string of the molecule is Cc1c(N)cccc1OC(C)C(C)C. The van der Waals surface area contributed by atoms with Crippen molar-refractivity contribution < 1.29 is 4.74 Å². The molecule has 0 spiro atoms. The highest BCUT2D eigenvalue weighted by Gasteiger charge is 2.10. The van der Waals surface area contributed by atoms with E-state index in [1.54, 1.807) is 0 Å². The van der Waals surface area contributed by atoms with Crippen LogP contribution in [0.1, 0.15) is 26.3 Å². The van der Waals surface area contributed by atoms with E-state index in [1.807, 2.05) is 25.1 Å². The van der Waals surface area contributed by atoms with Gasteiger partial charge in [0.2, 0.25) is 0 Å². The predicted molar refractivity (Wildman–Crippen MR) is 60.5 cm³/mol. The summed E-state index contributed by atoms with van der Waals surface area (Å²) in [5, 5.41) is 0. The van der Waals surface area contributed by atoms with Crippen LogP contribution >= 0.6 is 0 Å². The number of hydrogen-bond donors (Lipinski definition) is 1. The van der Waals surface area contributed by atoms with Crippen LogP contribution in [-0.4, -0.2) is 6.10 Å². The van der Waals surface area contributed by atoms with Crippen molar-refractivity contribution in [1.29, 1.82) is 0 Å². The molecular weight excluding hydrogens is 174 g/mol. The van der Waals surface area contributed by atoms with Gasteiger partial charge in [-0.05, 0) is 31.9 Å². The first-order valence-electron chi connectivity index (χ1n) is 5.04. The molecule has 0 radical (unpaired) electrons. The number of anilines is 1. The second-order valence-electron chi connectivity index (χ2n) is 4.04. The van der Waals surface area contributed by atoms with Crippen LogP contribution in [0.3, 0.4) is 0 Å². The molecule has 2 nitrogen and oxygen atoms in total. The van der Waals surface area contributed by atoms with E-state index in [2.05, 4.69) is 20.8 Å². The molecule has 0 aliphatic carbocycles. The number of hydrogen-bond acceptors (Lipinski definition) is 2. The normalized spacial score (nSPS) is 12.9. The van der Waals surface area contributed by atoms with E-state index in [0.717, 1.165) is 17.0 Å². The second kappa shape index (κ2) is 4.36. The molecule has 2 N–H and O–H groups in total. The molecule has 0 fully saturated rings. The zero-order valence-electron chi connectivity index (χ0n) is 9.37. The Morgan fingerprint density at radius 3 is 2.43 bits per heavy atom. The van der Waals surface area contributed by atoms with Gasteiger partial charge in [0.1, 0.15) is 5.75 Å². The van der Waals surface area contributed by atoms with Gasteiger partial charge in [0.25, 0.3) is 0 Å². The predicted octanol–water partition coefficient (Wildman–Crippen LogP) is 3.00. The van der Waals surface area contributed by atoms with Gasteiger partial charge >= 0.3 is 0 Å². The van der Waals surface area contributed by atoms with Crippen molar-refractivity contribution in [2.24, 2.45) is 5.92 Å². The van der Waals surface area contributed by atoms with E-state index >= 15 is 0 Å². The fourth-order valence-electron chi connectivity index (χ4n) is 1.10. The molecule has 0 heterocycles. The largest absolute Gasteiger partial charge is 0.490 e. The molecule has 0 aliphatic heterocycles. The zero-order chi connectivity index (χ0) is 10.7. The molecule has 2 heteroatoms. The summed E-state index contributed by atoms with van der Waals surface area (Å²) in [6.45, 7) is 8.35. The molecule has 1 atom stereocenters. The van der Waals surface area contributed by atoms with Gasteiger partial charge in [-0.15, -0.1) is 0 Å². The van der Waals surface area contributed by atoms with Crippen LogP contribution in [0.4, 0.5) is 5.69 Å². The van der Waals surface area contributed by atoms with Gasteiger partial charge in [-0.1, -0.05) is 19.9 Å². The van der Waals surface area contributed by atoms with Gasteiger partial charge < -0.3 is 10.5 Å². The molecule has 1 aromatic carbocycles. The van der Waals surface area contributed by atoms with E-state index < -0.39 is 0 Å². The number of nitrogens with two attached hydrogens (primary N) is 1. The maximum Gasteiger partial charge on any atom is 0.124 e. The number of rotatable bonds is 3. The van der Waals surface area contributed by atoms with Crippen LogP contribution in [0.25, 0.3) is 0 Å². The quantitative estimate of drug-likeness (QED) is 0.749. The van der Waals surface area contributed by atoms with Crippen LogP contribution in [0.2, 0.25) is 0 Å². The minimum Gasteiger partial charge on any atom is -0.490 e. The third-order valence-corrected chi connectivity index (χ3v) is 2.58. The first-order chi connectivity index (χ1) is 6.52. The zero-order valence-corrected chi connectivity index (χ0v) is 9.37. The van der Waals surface area contributed by atoms with Crippen molar-refractivity contribution in [1.82, 2.24) is 0 Å². The minimum atomic E-state index is 0.218. The minimum absolute atomic E-state index is 0.218. The Labute approximate surface area is 86.1 Å². The molecule has 0 saturated carbocycles. The maximum absolute atomic E-state index is 5.81. The van der Waals surface area contributed by atoms with Crippen LogP contribution in [-0.2, 0) is 0 Å². The number of benzene rings is 1. The number of nitrogen functional groups attached to an aromatic ring is 1. The van der Waals surface area contributed by atoms with Crippen LogP contribution in [0, 0.1) is 12.8 Å². The van der Waals surface area contributed by atoms with Crippen molar-refractivity contribution in [2.45, 2.75) is 33.8 Å². The van der Waals surface area contributed by atoms with Crippen molar-refractivity contribution in [3.63, 3.8) is 0 Å². The van der Waals surface area contributed by atoms with Crippen molar-refractivity contribution >= 4 is 5.69 Å². The Hall–Kier alpha value is -1.18. The molecule has 0 amide bonds. The Kier molecular flexibility index (Phi) is 3.39. The van der Waals surface area contributed by atoms with E-state index in [4.69, 9.17) is 10.5 Å². The topological polar surface area (TPSA) is 35.2 Å². The summed E-state index contributed by atoms with van der Waals surface area (Å²) < 4.78 is 5.81. The van der Waals surface area contributed by atoms with Gasteiger partial charge in [-0.3, -0.25) is 0 Å². The standard InChI is InChI=1S/C12H19NO/c1-8(2)10(4)14-12-7-5-6-11(13)9(12)3/h5-8,10H,13H2,1-4H3. The lowest BCUT2D eigenvalue weighted by Gasteiger charge is -2.19. The molecule has 0 aliphatic rings. The van der Waals surface area contributed by atoms with E-state index in [0.29, 0.717) is 5.92 Å². The van der Waals surface area contributed by atoms with E-state index in [1.165, 1.54) is 0 Å². The third-order valence-electron chi connectivity index (χ3n) is 2.58. The lowest BCUT2D eigenvalue weighted by molar-refractivity contribution is 0.169. The average molecular weight is 193 g/mol. The van der Waals surface area contributed by atoms with Crippen molar-refractivity contribution in [2.75, 3.05) is 5.73 Å². The molecule has 14 heavy (non-hydrogen) atoms. The maximum atomic E-state index is 5.81. The van der Waals surface area contributed by atoms with Gasteiger partial charge in [0.05, 0.1) is 6.10 Å². The van der Waals surface area contributed by atoms with E-state index in [9.17, 15) is 0 Å². The Bertz CT molecular complexity index is 307. The summed E-state index contributed by atoms with van der Waals surface area (Å²) in [6, 6.07) is 5.78. The Morgan fingerprint density at radius 1 is 1.21 bits per heavy atom. The summed E-state index contributed by atoms with van der Waals surface area (Å²) >= 11 is 0. The molecule has 1 rings (SSSR count).